The van der Waals surface area contributed by atoms with Gasteiger partial charge in [-0.15, -0.1) is 0 Å². The molecule has 0 aliphatic carbocycles. The van der Waals surface area contributed by atoms with Gasteiger partial charge in [0.1, 0.15) is 5.69 Å². The van der Waals surface area contributed by atoms with Gasteiger partial charge >= 0.3 is 0 Å². The average Bonchev–Trinajstić information content (AvgIpc) is 3.56. The molecule has 0 unspecified atom stereocenters. The molecule has 8 heteroatoms. The number of aromatic nitrogens is 2. The standard InChI is InChI=1S/C35H46N6O2/c1-25-12-16-36-23-29(25)24-41(30-10-6-5-7-11-30)31-14-20-39(21-15-31)27(3)13-17-37-34(42)33-26(2)22-32(38-28(33)4)35(43)40-18-8-9-19-40/h5-7,10-12,16,22-23,27,31H,8-9,13-15,17-21,24H2,1-4H3,(H,37,42)/t27-/m1/s1. The Morgan fingerprint density at radius 1 is 1.00 bits per heavy atom. The van der Waals surface area contributed by atoms with Crippen LogP contribution in [0.4, 0.5) is 5.69 Å². The van der Waals surface area contributed by atoms with E-state index in [2.05, 4.69) is 75.3 Å². The van der Waals surface area contributed by atoms with E-state index in [1.54, 1.807) is 6.07 Å². The zero-order valence-electron chi connectivity index (χ0n) is 26.2. The van der Waals surface area contributed by atoms with E-state index in [-0.39, 0.29) is 11.8 Å². The smallest absolute Gasteiger partial charge is 0.272 e. The molecule has 2 fully saturated rings. The predicted octanol–water partition coefficient (Wildman–Crippen LogP) is 5.32. The highest BCUT2D eigenvalue weighted by Gasteiger charge is 2.28. The number of carbonyl (C=O) groups is 2. The second-order valence-electron chi connectivity index (χ2n) is 12.2. The van der Waals surface area contributed by atoms with Crippen LogP contribution < -0.4 is 10.2 Å². The van der Waals surface area contributed by atoms with Crippen LogP contribution in [0.25, 0.3) is 0 Å². The van der Waals surface area contributed by atoms with Gasteiger partial charge in [0.05, 0.1) is 11.3 Å². The lowest BCUT2D eigenvalue weighted by atomic mass is 9.99. The Hall–Kier alpha value is -3.78. The van der Waals surface area contributed by atoms with Crippen LogP contribution in [0.15, 0.2) is 54.9 Å². The van der Waals surface area contributed by atoms with Gasteiger partial charge < -0.3 is 20.0 Å². The van der Waals surface area contributed by atoms with Gasteiger partial charge in [-0.1, -0.05) is 18.2 Å². The van der Waals surface area contributed by atoms with Crippen molar-refractivity contribution >= 4 is 17.5 Å². The van der Waals surface area contributed by atoms with Crippen molar-refractivity contribution in [2.45, 2.75) is 78.4 Å². The van der Waals surface area contributed by atoms with Crippen LogP contribution in [-0.4, -0.2) is 76.4 Å². The number of aryl methyl sites for hydroxylation is 3. The SMILES string of the molecule is Cc1ccncc1CN(c1ccccc1)C1CCN([C@H](C)CCNC(=O)c2c(C)cc(C(=O)N3CCCC3)nc2C)CC1. The third-order valence-corrected chi connectivity index (χ3v) is 9.22. The maximum absolute atomic E-state index is 13.1. The molecule has 0 radical (unpaired) electrons. The third-order valence-electron chi connectivity index (χ3n) is 9.22. The number of pyridine rings is 2. The summed E-state index contributed by atoms with van der Waals surface area (Å²) in [5.74, 6) is -0.148. The van der Waals surface area contributed by atoms with Crippen molar-refractivity contribution in [1.29, 1.82) is 0 Å². The molecule has 0 bridgehead atoms. The minimum Gasteiger partial charge on any atom is -0.364 e. The van der Waals surface area contributed by atoms with Crippen molar-refractivity contribution < 1.29 is 9.59 Å². The monoisotopic (exact) mass is 582 g/mol. The number of nitrogens with zero attached hydrogens (tertiary/aromatic N) is 5. The quantitative estimate of drug-likeness (QED) is 0.349. The number of rotatable bonds is 10. The topological polar surface area (TPSA) is 81.7 Å². The zero-order valence-corrected chi connectivity index (χ0v) is 26.2. The van der Waals surface area contributed by atoms with Crippen LogP contribution in [0.1, 0.15) is 82.3 Å². The van der Waals surface area contributed by atoms with Crippen LogP contribution in [0.5, 0.6) is 0 Å². The van der Waals surface area contributed by atoms with Crippen LogP contribution in [0, 0.1) is 20.8 Å². The van der Waals surface area contributed by atoms with Crippen LogP contribution in [-0.2, 0) is 6.54 Å². The van der Waals surface area contributed by atoms with Crippen molar-refractivity contribution in [2.75, 3.05) is 37.6 Å². The molecule has 43 heavy (non-hydrogen) atoms. The van der Waals surface area contributed by atoms with Crippen LogP contribution in [0.3, 0.4) is 0 Å². The molecule has 1 atom stereocenters. The lowest BCUT2D eigenvalue weighted by Gasteiger charge is -2.42. The summed E-state index contributed by atoms with van der Waals surface area (Å²) in [5, 5.41) is 3.12. The molecule has 2 aromatic heterocycles. The van der Waals surface area contributed by atoms with Gasteiger partial charge in [0.15, 0.2) is 0 Å². The molecule has 0 saturated carbocycles. The van der Waals surface area contributed by atoms with E-state index in [0.717, 1.165) is 70.4 Å². The zero-order chi connectivity index (χ0) is 30.3. The summed E-state index contributed by atoms with van der Waals surface area (Å²) in [6.07, 6.45) is 9.01. The number of para-hydroxylation sites is 1. The molecule has 3 aromatic rings. The average molecular weight is 583 g/mol. The maximum atomic E-state index is 13.1. The van der Waals surface area contributed by atoms with Gasteiger partial charge in [0, 0.05) is 69.4 Å². The van der Waals surface area contributed by atoms with E-state index in [0.29, 0.717) is 35.6 Å². The number of piperidine rings is 1. The number of nitrogens with one attached hydrogen (secondary N) is 1. The van der Waals surface area contributed by atoms with Crippen LogP contribution in [0.2, 0.25) is 0 Å². The highest BCUT2D eigenvalue weighted by Crippen LogP contribution is 2.27. The number of hydrogen-bond donors (Lipinski definition) is 1. The van der Waals surface area contributed by atoms with E-state index in [1.165, 1.54) is 16.8 Å². The first-order chi connectivity index (χ1) is 20.8. The molecular weight excluding hydrogens is 536 g/mol. The van der Waals surface area contributed by atoms with Crippen molar-refractivity contribution in [2.24, 2.45) is 0 Å². The molecule has 5 rings (SSSR count). The normalized spacial score (nSPS) is 16.7. The Morgan fingerprint density at radius 3 is 2.40 bits per heavy atom. The second-order valence-corrected chi connectivity index (χ2v) is 12.2. The number of anilines is 1. The molecule has 228 valence electrons. The predicted molar refractivity (Wildman–Crippen MR) is 171 cm³/mol. The summed E-state index contributed by atoms with van der Waals surface area (Å²) >= 11 is 0. The lowest BCUT2D eigenvalue weighted by molar-refractivity contribution is 0.0785. The first-order valence-corrected chi connectivity index (χ1v) is 15.8. The number of hydrogen-bond acceptors (Lipinski definition) is 6. The van der Waals surface area contributed by atoms with Gasteiger partial charge in [0.2, 0.25) is 0 Å². The Bertz CT molecular complexity index is 1370. The molecule has 2 aliphatic heterocycles. The Labute approximate surface area is 256 Å². The molecule has 2 amide bonds. The number of amides is 2. The van der Waals surface area contributed by atoms with Gasteiger partial charge in [0.25, 0.3) is 11.8 Å². The van der Waals surface area contributed by atoms with E-state index in [9.17, 15) is 9.59 Å². The summed E-state index contributed by atoms with van der Waals surface area (Å²) < 4.78 is 0. The van der Waals surface area contributed by atoms with Gasteiger partial charge in [-0.05, 0) is 101 Å². The van der Waals surface area contributed by atoms with Crippen molar-refractivity contribution in [3.8, 4) is 0 Å². The van der Waals surface area contributed by atoms with Gasteiger partial charge in [-0.2, -0.15) is 0 Å². The van der Waals surface area contributed by atoms with Crippen molar-refractivity contribution in [1.82, 2.24) is 25.1 Å². The Kier molecular flexibility index (Phi) is 10.1. The van der Waals surface area contributed by atoms with Gasteiger partial charge in [-0.25, -0.2) is 4.98 Å². The molecular formula is C35H46N6O2. The van der Waals surface area contributed by atoms with Crippen LogP contribution >= 0.6 is 0 Å². The highest BCUT2D eigenvalue weighted by molar-refractivity contribution is 5.98. The summed E-state index contributed by atoms with van der Waals surface area (Å²) in [6.45, 7) is 13.2. The van der Waals surface area contributed by atoms with E-state index in [1.807, 2.05) is 31.1 Å². The maximum Gasteiger partial charge on any atom is 0.272 e. The molecule has 2 saturated heterocycles. The molecule has 1 aromatic carbocycles. The van der Waals surface area contributed by atoms with E-state index in [4.69, 9.17) is 0 Å². The first-order valence-electron chi connectivity index (χ1n) is 15.8. The fourth-order valence-electron chi connectivity index (χ4n) is 6.57. The highest BCUT2D eigenvalue weighted by atomic mass is 16.2. The lowest BCUT2D eigenvalue weighted by Crippen LogP contribution is -2.48. The van der Waals surface area contributed by atoms with Crippen molar-refractivity contribution in [3.05, 3.63) is 88.5 Å². The molecule has 2 aliphatic rings. The second kappa shape index (κ2) is 14.1. The Morgan fingerprint density at radius 2 is 1.72 bits per heavy atom. The summed E-state index contributed by atoms with van der Waals surface area (Å²) in [6, 6.07) is 15.4. The summed E-state index contributed by atoms with van der Waals surface area (Å²) in [4.78, 5) is 41.8. The first kappa shape index (κ1) is 30.7. The van der Waals surface area contributed by atoms with E-state index < -0.39 is 0 Å². The Balaban J connectivity index is 1.13. The molecule has 0 spiro atoms. The number of carbonyl (C=O) groups excluding carboxylic acids is 2. The largest absolute Gasteiger partial charge is 0.364 e. The molecule has 4 heterocycles. The molecule has 8 nitrogen and oxygen atoms in total. The molecule has 1 N–H and O–H groups in total. The summed E-state index contributed by atoms with van der Waals surface area (Å²) in [5.41, 5.74) is 6.23. The third kappa shape index (κ3) is 7.42. The van der Waals surface area contributed by atoms with E-state index >= 15 is 0 Å². The number of benzene rings is 1. The fourth-order valence-corrected chi connectivity index (χ4v) is 6.57. The van der Waals surface area contributed by atoms with Crippen molar-refractivity contribution in [3.63, 3.8) is 0 Å². The summed E-state index contributed by atoms with van der Waals surface area (Å²) in [7, 11) is 0. The van der Waals surface area contributed by atoms with Gasteiger partial charge in [-0.3, -0.25) is 14.6 Å². The minimum absolute atomic E-state index is 0.0349. The number of likely N-dealkylation sites (tertiary alicyclic amines) is 2. The minimum atomic E-state index is -0.113. The fraction of sp³-hybridized carbons (Fsp3) is 0.486.